The number of benzene rings is 2. The van der Waals surface area contributed by atoms with Gasteiger partial charge >= 0.3 is 12.1 Å². The normalized spacial score (nSPS) is 33.5. The van der Waals surface area contributed by atoms with Gasteiger partial charge in [0.2, 0.25) is 18.1 Å². The summed E-state index contributed by atoms with van der Waals surface area (Å²) in [6.45, 7) is 2.40. The van der Waals surface area contributed by atoms with Crippen LogP contribution < -0.4 is 26.6 Å². The monoisotopic (exact) mass is 1060 g/mol. The number of Topliss-reactive ketones (excluding diaryl/α,β-unsaturated/α-hetero) is 1. The number of anilines is 2. The molecule has 5 fully saturated rings. The molecule has 3 amide bonds. The quantitative estimate of drug-likeness (QED) is 0.0860. The largest absolute Gasteiger partial charge is 0.479 e. The van der Waals surface area contributed by atoms with Crippen LogP contribution in [0.4, 0.5) is 16.2 Å². The molecule has 2 aliphatic heterocycles. The predicted molar refractivity (Wildman–Crippen MR) is 260 cm³/mol. The molecular formula is C51H59N5O18S. The highest BCUT2D eigenvalue weighted by Gasteiger charge is 2.76. The molecule has 11 N–H and O–H groups in total. The van der Waals surface area contributed by atoms with E-state index in [0.717, 1.165) is 17.6 Å². The van der Waals surface area contributed by atoms with Crippen LogP contribution in [-0.4, -0.2) is 139 Å². The second-order valence-corrected chi connectivity index (χ2v) is 21.4. The number of hydrogen-bond donors (Lipinski definition) is 10. The van der Waals surface area contributed by atoms with Gasteiger partial charge in [-0.3, -0.25) is 29.3 Å². The van der Waals surface area contributed by atoms with Crippen molar-refractivity contribution in [3.63, 3.8) is 0 Å². The molecule has 23 nitrogen and oxygen atoms in total. The van der Waals surface area contributed by atoms with Crippen LogP contribution in [0.2, 0.25) is 0 Å². The number of thiazole rings is 1. The molecule has 3 heterocycles. The summed E-state index contributed by atoms with van der Waals surface area (Å²) >= 11 is 1.33. The lowest BCUT2D eigenvalue weighted by atomic mass is 9.46. The number of nitrogens with one attached hydrogen (secondary N) is 3. The maximum Gasteiger partial charge on any atom is 0.411 e. The molecule has 14 atom stereocenters. The average Bonchev–Trinajstić information content (AvgIpc) is 4.06. The van der Waals surface area contributed by atoms with E-state index in [1.54, 1.807) is 36.5 Å². The van der Waals surface area contributed by atoms with Gasteiger partial charge in [0.25, 0.3) is 0 Å². The number of rotatable bonds is 17. The standard InChI is InChI=1S/C51H59N5O18S/c1-49-12-10-28(58)17-26(49)7-8-29-30-18-36-51(35(60)21-57,50(30,2)19-32(59)40(29)49)74-46(72-36)34-20-54-39(75-34)16-24-4-3-5-27(14-24)55-48(68)69-22-25-6-9-33(31(15-25)56-37(61)11-13-53-38(62)23-70-52)71-47-43(65)41(63)42(64)44(73-47)45(66)67/h3-6,9-10,12,14-15,17,20,29-30,32,36,40-44,46-47,57,59,63-65H,7-8,11,13,16,18-19,21-23,52H2,1-2H3,(H,53,62)(H,55,68)(H,56,61)(H,66,67)/t29-,30-,32-,36+,40+,41-,42-,43+,44-,46-,47+,49-,50-,51+/m0/s1. The van der Waals surface area contributed by atoms with Crippen LogP contribution in [-0.2, 0) is 60.8 Å². The van der Waals surface area contributed by atoms with Crippen LogP contribution >= 0.6 is 11.3 Å². The second-order valence-electron chi connectivity index (χ2n) is 20.2. The molecule has 402 valence electrons. The van der Waals surface area contributed by atoms with E-state index in [2.05, 4.69) is 32.7 Å². The van der Waals surface area contributed by atoms with Gasteiger partial charge in [-0.1, -0.05) is 43.7 Å². The van der Waals surface area contributed by atoms with Crippen molar-refractivity contribution in [2.24, 2.45) is 34.5 Å². The fourth-order valence-electron chi connectivity index (χ4n) is 12.4. The van der Waals surface area contributed by atoms with Gasteiger partial charge in [0.15, 0.2) is 29.6 Å². The number of allylic oxidation sites excluding steroid dienone is 4. The molecule has 3 aromatic rings. The molecule has 75 heavy (non-hydrogen) atoms. The molecule has 1 aromatic heterocycles. The Morgan fingerprint density at radius 1 is 0.973 bits per heavy atom. The first-order valence-electron chi connectivity index (χ1n) is 24.5. The fraction of sp³-hybridized carbons (Fsp3) is 0.510. The topological polar surface area (TPSA) is 354 Å². The molecule has 24 heteroatoms. The van der Waals surface area contributed by atoms with Gasteiger partial charge in [0.1, 0.15) is 43.9 Å². The van der Waals surface area contributed by atoms with E-state index in [0.29, 0.717) is 40.4 Å². The van der Waals surface area contributed by atoms with Crippen molar-refractivity contribution >= 4 is 58.2 Å². The number of ether oxygens (including phenoxy) is 5. The number of carbonyl (C=O) groups excluding carboxylic acids is 5. The van der Waals surface area contributed by atoms with Gasteiger partial charge in [0, 0.05) is 48.0 Å². The Hall–Kier alpha value is -6.03. The van der Waals surface area contributed by atoms with E-state index >= 15 is 0 Å². The Kier molecular flexibility index (Phi) is 15.4. The minimum absolute atomic E-state index is 0.0143. The minimum atomic E-state index is -1.98. The number of aromatic nitrogens is 1. The molecule has 0 unspecified atom stereocenters. The highest BCUT2D eigenvalue weighted by molar-refractivity contribution is 7.11. The van der Waals surface area contributed by atoms with Crippen LogP contribution in [0.1, 0.15) is 73.3 Å². The number of ketones is 2. The number of carboxylic acids is 1. The maximum atomic E-state index is 14.0. The van der Waals surface area contributed by atoms with Crippen molar-refractivity contribution in [1.82, 2.24) is 10.3 Å². The average molecular weight is 1060 g/mol. The van der Waals surface area contributed by atoms with Crippen molar-refractivity contribution in [3.05, 3.63) is 93.5 Å². The fourth-order valence-corrected chi connectivity index (χ4v) is 13.3. The van der Waals surface area contributed by atoms with Crippen molar-refractivity contribution in [2.75, 3.05) is 30.4 Å². The Morgan fingerprint density at radius 2 is 1.77 bits per heavy atom. The van der Waals surface area contributed by atoms with Crippen LogP contribution in [0.15, 0.2) is 72.5 Å². The second kappa shape index (κ2) is 21.5. The van der Waals surface area contributed by atoms with Crippen LogP contribution in [0, 0.1) is 28.6 Å². The predicted octanol–water partition coefficient (Wildman–Crippen LogP) is 1.69. The van der Waals surface area contributed by atoms with Gasteiger partial charge in [-0.15, -0.1) is 11.3 Å². The van der Waals surface area contributed by atoms with Gasteiger partial charge in [-0.2, -0.15) is 0 Å². The zero-order valence-electron chi connectivity index (χ0n) is 40.8. The van der Waals surface area contributed by atoms with Crippen molar-refractivity contribution in [1.29, 1.82) is 0 Å². The zero-order chi connectivity index (χ0) is 53.6. The van der Waals surface area contributed by atoms with Gasteiger partial charge in [-0.05, 0) is 85.1 Å². The first kappa shape index (κ1) is 53.8. The molecule has 2 aromatic carbocycles. The molecular weight excluding hydrogens is 1000 g/mol. The minimum Gasteiger partial charge on any atom is -0.479 e. The number of fused-ring (bicyclic) bond motifs is 7. The van der Waals surface area contributed by atoms with Crippen LogP contribution in [0.3, 0.4) is 0 Å². The van der Waals surface area contributed by atoms with E-state index in [4.69, 9.17) is 29.6 Å². The van der Waals surface area contributed by atoms with Crippen molar-refractivity contribution in [3.8, 4) is 5.75 Å². The number of nitrogens with two attached hydrogens (primary N) is 1. The molecule has 9 rings (SSSR count). The molecule has 3 saturated carbocycles. The number of hydrogen-bond acceptors (Lipinski definition) is 20. The third-order valence-electron chi connectivity index (χ3n) is 15.8. The van der Waals surface area contributed by atoms with E-state index in [1.165, 1.54) is 29.5 Å². The highest BCUT2D eigenvalue weighted by atomic mass is 32.1. The summed E-state index contributed by atoms with van der Waals surface area (Å²) in [5, 5.41) is 71.2. The number of aliphatic hydroxyl groups is 5. The Bertz CT molecular complexity index is 2790. The van der Waals surface area contributed by atoms with Gasteiger partial charge in [0.05, 0.1) is 27.8 Å². The zero-order valence-corrected chi connectivity index (χ0v) is 41.6. The summed E-state index contributed by atoms with van der Waals surface area (Å²) in [5.41, 5.74) is -0.432. The third-order valence-corrected chi connectivity index (χ3v) is 16.8. The lowest BCUT2D eigenvalue weighted by Crippen LogP contribution is -2.63. The van der Waals surface area contributed by atoms with E-state index in [-0.39, 0.29) is 61.0 Å². The number of aliphatic hydroxyl groups excluding tert-OH is 5. The number of carboxylic acid groups (broad SMARTS) is 1. The van der Waals surface area contributed by atoms with E-state index in [1.807, 2.05) is 19.1 Å². The smallest absolute Gasteiger partial charge is 0.411 e. The Balaban J connectivity index is 0.833. The molecule has 6 aliphatic rings. The Morgan fingerprint density at radius 3 is 2.53 bits per heavy atom. The first-order valence-corrected chi connectivity index (χ1v) is 25.3. The molecule has 2 saturated heterocycles. The molecule has 0 bridgehead atoms. The number of nitrogens with zero attached hydrogens (tertiary/aromatic N) is 1. The van der Waals surface area contributed by atoms with Crippen LogP contribution in [0.5, 0.6) is 5.75 Å². The van der Waals surface area contributed by atoms with E-state index < -0.39 is 109 Å². The summed E-state index contributed by atoms with van der Waals surface area (Å²) < 4.78 is 29.8. The molecule has 4 aliphatic carbocycles. The van der Waals surface area contributed by atoms with Crippen molar-refractivity contribution in [2.45, 2.75) is 114 Å². The number of amides is 3. The molecule has 0 radical (unpaired) electrons. The Labute approximate surface area is 432 Å². The highest BCUT2D eigenvalue weighted by Crippen LogP contribution is 2.70. The lowest BCUT2D eigenvalue weighted by Gasteiger charge is -2.59. The molecule has 0 spiro atoms. The lowest BCUT2D eigenvalue weighted by molar-refractivity contribution is -0.271. The van der Waals surface area contributed by atoms with Crippen LogP contribution in [0.25, 0.3) is 0 Å². The summed E-state index contributed by atoms with van der Waals surface area (Å²) in [7, 11) is 0. The van der Waals surface area contributed by atoms with Gasteiger partial charge < -0.3 is 65.0 Å². The maximum absolute atomic E-state index is 14.0. The van der Waals surface area contributed by atoms with E-state index in [9.17, 15) is 59.4 Å². The van der Waals surface area contributed by atoms with Crippen molar-refractivity contribution < 1.29 is 87.9 Å². The summed E-state index contributed by atoms with van der Waals surface area (Å²) in [6.07, 6.45) is -3.83. The number of aliphatic carboxylic acids is 1. The SMILES string of the molecule is C[C@]12C=CC(=O)C=C1CC[C@@H]1[C@@H]2[C@@H](O)C[C@@]2(C)[C@H]1C[C@H]1O[C@H](c3cnc(Cc4cccc(NC(=O)OCc5ccc(O[C@@H]6O[C@H](C(=O)O)[C@@H](O)[C@H](O)[C@H]6O)c(NC(=O)CCNC(=O)CON)c5)c4)s3)O[C@]12C(=O)CO. The summed E-state index contributed by atoms with van der Waals surface area (Å²) in [5.74, 6) is 1.12. The summed E-state index contributed by atoms with van der Waals surface area (Å²) in [4.78, 5) is 85.4. The number of carbonyl (C=O) groups is 6. The van der Waals surface area contributed by atoms with Gasteiger partial charge in [-0.25, -0.2) is 20.5 Å². The summed E-state index contributed by atoms with van der Waals surface area (Å²) in [6, 6.07) is 11.1. The third kappa shape index (κ3) is 10.2. The first-order chi connectivity index (χ1) is 35.8.